The van der Waals surface area contributed by atoms with Crippen molar-refractivity contribution in [2.75, 3.05) is 0 Å². The van der Waals surface area contributed by atoms with E-state index in [9.17, 15) is 0 Å². The van der Waals surface area contributed by atoms with Crippen molar-refractivity contribution in [2.45, 2.75) is 20.3 Å². The SMILES string of the molecule is CCC(C)/C=N/NC(N)=S. The highest BCUT2D eigenvalue weighted by Crippen LogP contribution is 1.93. The van der Waals surface area contributed by atoms with Crippen LogP contribution < -0.4 is 11.2 Å². The lowest BCUT2D eigenvalue weighted by molar-refractivity contribution is 0.747. The summed E-state index contributed by atoms with van der Waals surface area (Å²) >= 11 is 4.54. The molecule has 0 radical (unpaired) electrons. The van der Waals surface area contributed by atoms with Crippen LogP contribution in [-0.4, -0.2) is 11.3 Å². The van der Waals surface area contributed by atoms with Crippen LogP contribution in [0.4, 0.5) is 0 Å². The van der Waals surface area contributed by atoms with Gasteiger partial charge in [0.1, 0.15) is 0 Å². The van der Waals surface area contributed by atoms with Gasteiger partial charge in [-0.3, -0.25) is 5.43 Å². The van der Waals surface area contributed by atoms with Gasteiger partial charge < -0.3 is 5.73 Å². The largest absolute Gasteiger partial charge is 0.375 e. The van der Waals surface area contributed by atoms with Crippen molar-refractivity contribution < 1.29 is 0 Å². The Bertz CT molecular complexity index is 133. The summed E-state index contributed by atoms with van der Waals surface area (Å²) in [5, 5.41) is 4.01. The van der Waals surface area contributed by atoms with Gasteiger partial charge in [0.2, 0.25) is 0 Å². The molecule has 0 saturated carbocycles. The van der Waals surface area contributed by atoms with Crippen LogP contribution >= 0.6 is 12.2 Å². The lowest BCUT2D eigenvalue weighted by Gasteiger charge is -1.98. The molecular formula is C6H13N3S. The first-order chi connectivity index (χ1) is 4.66. The molecule has 0 rings (SSSR count). The van der Waals surface area contributed by atoms with Crippen molar-refractivity contribution in [2.24, 2.45) is 16.8 Å². The molecule has 0 saturated heterocycles. The zero-order chi connectivity index (χ0) is 7.98. The molecule has 0 aliphatic heterocycles. The molecule has 1 unspecified atom stereocenters. The second kappa shape index (κ2) is 5.17. The van der Waals surface area contributed by atoms with E-state index in [4.69, 9.17) is 5.73 Å². The smallest absolute Gasteiger partial charge is 0.184 e. The molecule has 0 fully saturated rings. The fraction of sp³-hybridized carbons (Fsp3) is 0.667. The molecular weight excluding hydrogens is 146 g/mol. The topological polar surface area (TPSA) is 50.4 Å². The summed E-state index contributed by atoms with van der Waals surface area (Å²) in [6.07, 6.45) is 2.86. The van der Waals surface area contributed by atoms with Crippen molar-refractivity contribution in [3.8, 4) is 0 Å². The summed E-state index contributed by atoms with van der Waals surface area (Å²) in [4.78, 5) is 0. The third kappa shape index (κ3) is 5.50. The van der Waals surface area contributed by atoms with Crippen molar-refractivity contribution in [1.29, 1.82) is 0 Å². The van der Waals surface area contributed by atoms with Crippen molar-refractivity contribution >= 4 is 23.5 Å². The standard InChI is InChI=1S/C6H13N3S/c1-3-5(2)4-8-9-6(7)10/h4-5H,3H2,1-2H3,(H3,7,9,10)/b8-4+. The molecule has 3 nitrogen and oxygen atoms in total. The van der Waals surface area contributed by atoms with Crippen LogP contribution in [0.25, 0.3) is 0 Å². The Morgan fingerprint density at radius 2 is 2.50 bits per heavy atom. The van der Waals surface area contributed by atoms with E-state index in [1.807, 2.05) is 0 Å². The molecule has 0 aromatic rings. The van der Waals surface area contributed by atoms with Gasteiger partial charge in [-0.15, -0.1) is 0 Å². The first-order valence-electron chi connectivity index (χ1n) is 3.25. The Morgan fingerprint density at radius 1 is 1.90 bits per heavy atom. The summed E-state index contributed by atoms with van der Waals surface area (Å²) in [6.45, 7) is 4.17. The van der Waals surface area contributed by atoms with Gasteiger partial charge in [0.25, 0.3) is 0 Å². The molecule has 0 bridgehead atoms. The van der Waals surface area contributed by atoms with Crippen LogP contribution in [0.1, 0.15) is 20.3 Å². The molecule has 0 spiro atoms. The van der Waals surface area contributed by atoms with Crippen LogP contribution in [0, 0.1) is 5.92 Å². The van der Waals surface area contributed by atoms with Crippen LogP contribution in [0.15, 0.2) is 5.10 Å². The molecule has 0 amide bonds. The number of rotatable bonds is 3. The zero-order valence-electron chi connectivity index (χ0n) is 6.29. The zero-order valence-corrected chi connectivity index (χ0v) is 7.11. The minimum Gasteiger partial charge on any atom is -0.375 e. The van der Waals surface area contributed by atoms with E-state index >= 15 is 0 Å². The van der Waals surface area contributed by atoms with Crippen molar-refractivity contribution in [3.63, 3.8) is 0 Å². The molecule has 0 aromatic carbocycles. The Kier molecular flexibility index (Phi) is 4.84. The van der Waals surface area contributed by atoms with Crippen LogP contribution in [0.3, 0.4) is 0 Å². The van der Waals surface area contributed by atoms with Crippen molar-refractivity contribution in [1.82, 2.24) is 5.43 Å². The highest BCUT2D eigenvalue weighted by atomic mass is 32.1. The predicted octanol–water partition coefficient (Wildman–Crippen LogP) is 0.852. The summed E-state index contributed by atoms with van der Waals surface area (Å²) in [5.41, 5.74) is 7.62. The van der Waals surface area contributed by atoms with E-state index in [0.717, 1.165) is 6.42 Å². The normalized spacial score (nSPS) is 13.4. The van der Waals surface area contributed by atoms with Gasteiger partial charge in [-0.05, 0) is 24.6 Å². The lowest BCUT2D eigenvalue weighted by Crippen LogP contribution is -2.24. The van der Waals surface area contributed by atoms with E-state index in [-0.39, 0.29) is 5.11 Å². The molecule has 10 heavy (non-hydrogen) atoms. The van der Waals surface area contributed by atoms with E-state index in [1.165, 1.54) is 0 Å². The Labute approximate surface area is 66.7 Å². The van der Waals surface area contributed by atoms with Gasteiger partial charge >= 0.3 is 0 Å². The number of hydrogen-bond donors (Lipinski definition) is 2. The minimum atomic E-state index is 0.208. The molecule has 3 N–H and O–H groups in total. The van der Waals surface area contributed by atoms with Gasteiger partial charge in [-0.2, -0.15) is 5.10 Å². The number of hydrogen-bond acceptors (Lipinski definition) is 2. The van der Waals surface area contributed by atoms with Crippen LogP contribution in [-0.2, 0) is 0 Å². The molecule has 0 aromatic heterocycles. The first kappa shape index (κ1) is 9.36. The first-order valence-corrected chi connectivity index (χ1v) is 3.66. The van der Waals surface area contributed by atoms with Gasteiger partial charge in [-0.25, -0.2) is 0 Å². The fourth-order valence-electron chi connectivity index (χ4n) is 0.334. The van der Waals surface area contributed by atoms with E-state index in [2.05, 4.69) is 36.6 Å². The number of nitrogens with two attached hydrogens (primary N) is 1. The third-order valence-electron chi connectivity index (χ3n) is 1.15. The third-order valence-corrected chi connectivity index (χ3v) is 1.24. The number of hydrazone groups is 1. The number of nitrogens with zero attached hydrogens (tertiary/aromatic N) is 1. The van der Waals surface area contributed by atoms with E-state index < -0.39 is 0 Å². The maximum Gasteiger partial charge on any atom is 0.184 e. The summed E-state index contributed by atoms with van der Waals surface area (Å²) in [7, 11) is 0. The van der Waals surface area contributed by atoms with Gasteiger partial charge in [-0.1, -0.05) is 13.8 Å². The van der Waals surface area contributed by atoms with Crippen LogP contribution in [0.2, 0.25) is 0 Å². The van der Waals surface area contributed by atoms with Gasteiger partial charge in [0.05, 0.1) is 0 Å². The average molecular weight is 159 g/mol. The second-order valence-corrected chi connectivity index (χ2v) is 2.58. The Hall–Kier alpha value is -0.640. The van der Waals surface area contributed by atoms with E-state index in [0.29, 0.717) is 5.92 Å². The predicted molar refractivity (Wildman–Crippen MR) is 47.9 cm³/mol. The van der Waals surface area contributed by atoms with Gasteiger partial charge in [0.15, 0.2) is 5.11 Å². The summed E-state index contributed by atoms with van der Waals surface area (Å²) in [6, 6.07) is 0. The summed E-state index contributed by atoms with van der Waals surface area (Å²) in [5.74, 6) is 0.474. The summed E-state index contributed by atoms with van der Waals surface area (Å²) < 4.78 is 0. The molecule has 4 heteroatoms. The Morgan fingerprint density at radius 3 is 2.90 bits per heavy atom. The van der Waals surface area contributed by atoms with Crippen LogP contribution in [0.5, 0.6) is 0 Å². The second-order valence-electron chi connectivity index (χ2n) is 2.14. The van der Waals surface area contributed by atoms with E-state index in [1.54, 1.807) is 6.21 Å². The fourth-order valence-corrected chi connectivity index (χ4v) is 0.386. The maximum absolute atomic E-state index is 5.13. The lowest BCUT2D eigenvalue weighted by atomic mass is 10.1. The minimum absolute atomic E-state index is 0.208. The highest BCUT2D eigenvalue weighted by molar-refractivity contribution is 7.80. The molecule has 58 valence electrons. The molecule has 0 aliphatic rings. The molecule has 1 atom stereocenters. The number of thiocarbonyl (C=S) groups is 1. The maximum atomic E-state index is 5.13. The average Bonchev–Trinajstić information content (AvgIpc) is 1.87. The number of nitrogens with one attached hydrogen (secondary N) is 1. The molecule has 0 heterocycles. The van der Waals surface area contributed by atoms with Gasteiger partial charge in [0, 0.05) is 6.21 Å². The Balaban J connectivity index is 3.45. The highest BCUT2D eigenvalue weighted by Gasteiger charge is 1.90. The molecule has 0 aliphatic carbocycles. The quantitative estimate of drug-likeness (QED) is 0.364. The monoisotopic (exact) mass is 159 g/mol. The van der Waals surface area contributed by atoms with Crippen molar-refractivity contribution in [3.05, 3.63) is 0 Å².